The Hall–Kier alpha value is -4.00. The molecule has 204 valence electrons. The lowest BCUT2D eigenvalue weighted by atomic mass is 10.1. The molecule has 8 nitrogen and oxygen atoms in total. The minimum Gasteiger partial charge on any atom is -0.475 e. The van der Waals surface area contributed by atoms with E-state index in [1.165, 1.54) is 24.3 Å². The maximum Gasteiger partial charge on any atom is 0.490 e. The second kappa shape index (κ2) is 12.0. The molecule has 0 bridgehead atoms. The predicted octanol–water partition coefficient (Wildman–Crippen LogP) is 4.15. The molecule has 1 aromatic heterocycles. The zero-order valence-electron chi connectivity index (χ0n) is 20.5. The Morgan fingerprint density at radius 1 is 0.947 bits per heavy atom. The van der Waals surface area contributed by atoms with E-state index in [4.69, 9.17) is 9.90 Å². The first-order valence-electron chi connectivity index (χ1n) is 11.5. The summed E-state index contributed by atoms with van der Waals surface area (Å²) in [6.07, 6.45) is -5.08. The monoisotopic (exact) mass is 539 g/mol. The van der Waals surface area contributed by atoms with Crippen LogP contribution in [0.2, 0.25) is 0 Å². The van der Waals surface area contributed by atoms with Gasteiger partial charge >= 0.3 is 12.1 Å². The molecule has 1 amide bonds. The van der Waals surface area contributed by atoms with Crippen LogP contribution in [-0.2, 0) is 16.6 Å². The fourth-order valence-corrected chi connectivity index (χ4v) is 3.83. The standard InChI is InChI=1S/C23H25F2N5O.C2HF3O2/c1-16(29-11-13-30(14-12-29)20-9-7-19(25)8-10-20)23(31)26-22-15-21(28(2)27-22)17-3-5-18(24)6-4-17;3-2(4,5)1(6)7/h3-10,15-16H,11-14H2,1-2H3,(H,26,27,31);(H,6,7). The molecule has 38 heavy (non-hydrogen) atoms. The average Bonchev–Trinajstić information content (AvgIpc) is 3.24. The van der Waals surface area contributed by atoms with Crippen LogP contribution < -0.4 is 10.2 Å². The Morgan fingerprint density at radius 2 is 1.45 bits per heavy atom. The third kappa shape index (κ3) is 7.51. The summed E-state index contributed by atoms with van der Waals surface area (Å²) in [7, 11) is 1.78. The van der Waals surface area contributed by atoms with Gasteiger partial charge in [0.05, 0.1) is 11.7 Å². The quantitative estimate of drug-likeness (QED) is 0.474. The second-order valence-electron chi connectivity index (χ2n) is 8.51. The van der Waals surface area contributed by atoms with Gasteiger partial charge in [-0.05, 0) is 55.5 Å². The number of benzene rings is 2. The number of halogens is 5. The maximum absolute atomic E-state index is 13.2. The van der Waals surface area contributed by atoms with E-state index in [9.17, 15) is 26.7 Å². The summed E-state index contributed by atoms with van der Waals surface area (Å²) in [4.78, 5) is 26.0. The van der Waals surface area contributed by atoms with E-state index in [0.717, 1.165) is 43.1 Å². The van der Waals surface area contributed by atoms with Gasteiger partial charge in [0, 0.05) is 50.5 Å². The van der Waals surface area contributed by atoms with Crippen molar-refractivity contribution in [3.8, 4) is 11.3 Å². The van der Waals surface area contributed by atoms with Crippen molar-refractivity contribution in [1.82, 2.24) is 14.7 Å². The number of hydrogen-bond donors (Lipinski definition) is 2. The number of rotatable bonds is 5. The highest BCUT2D eigenvalue weighted by molar-refractivity contribution is 5.94. The van der Waals surface area contributed by atoms with Crippen LogP contribution in [0.1, 0.15) is 6.92 Å². The van der Waals surface area contributed by atoms with Crippen LogP contribution in [0.4, 0.5) is 33.5 Å². The number of anilines is 2. The number of aromatic nitrogens is 2. The molecule has 3 aromatic rings. The van der Waals surface area contributed by atoms with Crippen LogP contribution in [0.25, 0.3) is 11.3 Å². The van der Waals surface area contributed by atoms with E-state index >= 15 is 0 Å². The van der Waals surface area contributed by atoms with Crippen molar-refractivity contribution in [2.24, 2.45) is 7.05 Å². The van der Waals surface area contributed by atoms with E-state index in [0.29, 0.717) is 5.82 Å². The average molecular weight is 540 g/mol. The van der Waals surface area contributed by atoms with E-state index in [2.05, 4.69) is 20.2 Å². The highest BCUT2D eigenvalue weighted by atomic mass is 19.4. The highest BCUT2D eigenvalue weighted by Crippen LogP contribution is 2.23. The molecule has 2 heterocycles. The van der Waals surface area contributed by atoms with Crippen molar-refractivity contribution >= 4 is 23.4 Å². The minimum absolute atomic E-state index is 0.126. The Morgan fingerprint density at radius 3 is 1.95 bits per heavy atom. The first-order chi connectivity index (χ1) is 17.8. The third-order valence-electron chi connectivity index (χ3n) is 5.95. The number of alkyl halides is 3. The fourth-order valence-electron chi connectivity index (χ4n) is 3.83. The summed E-state index contributed by atoms with van der Waals surface area (Å²) in [5.41, 5.74) is 2.60. The lowest BCUT2D eigenvalue weighted by molar-refractivity contribution is -0.192. The Balaban J connectivity index is 0.000000505. The summed E-state index contributed by atoms with van der Waals surface area (Å²) in [5, 5.41) is 14.4. The molecule has 1 aliphatic heterocycles. The molecule has 1 unspecified atom stereocenters. The number of aliphatic carboxylic acids is 1. The number of nitrogens with one attached hydrogen (secondary N) is 1. The number of carbonyl (C=O) groups is 2. The number of hydrogen-bond acceptors (Lipinski definition) is 5. The lowest BCUT2D eigenvalue weighted by Crippen LogP contribution is -2.52. The normalized spacial score (nSPS) is 14.9. The van der Waals surface area contributed by atoms with Crippen LogP contribution in [0.15, 0.2) is 54.6 Å². The molecule has 2 N–H and O–H groups in total. The number of aryl methyl sites for hydroxylation is 1. The molecular formula is C25H26F5N5O3. The van der Waals surface area contributed by atoms with E-state index in [1.54, 1.807) is 42.1 Å². The van der Waals surface area contributed by atoms with E-state index < -0.39 is 12.1 Å². The highest BCUT2D eigenvalue weighted by Gasteiger charge is 2.38. The molecule has 0 saturated carbocycles. The van der Waals surface area contributed by atoms with Gasteiger partial charge in [0.15, 0.2) is 5.82 Å². The van der Waals surface area contributed by atoms with E-state index in [1.807, 2.05) is 6.92 Å². The molecule has 0 radical (unpaired) electrons. The molecule has 0 spiro atoms. The van der Waals surface area contributed by atoms with Gasteiger partial charge in [0.1, 0.15) is 11.6 Å². The molecule has 2 aromatic carbocycles. The zero-order valence-corrected chi connectivity index (χ0v) is 20.5. The molecule has 1 atom stereocenters. The summed E-state index contributed by atoms with van der Waals surface area (Å²) in [5.74, 6) is -2.97. The van der Waals surface area contributed by atoms with Crippen molar-refractivity contribution < 1.29 is 36.6 Å². The summed E-state index contributed by atoms with van der Waals surface area (Å²) >= 11 is 0. The van der Waals surface area contributed by atoms with Crippen LogP contribution in [0.5, 0.6) is 0 Å². The van der Waals surface area contributed by atoms with E-state index in [-0.39, 0.29) is 23.6 Å². The number of nitrogens with zero attached hydrogens (tertiary/aromatic N) is 4. The molecule has 13 heteroatoms. The summed E-state index contributed by atoms with van der Waals surface area (Å²) in [6, 6.07) is 14.1. The SMILES string of the molecule is CC(C(=O)Nc1cc(-c2ccc(F)cc2)n(C)n1)N1CCN(c2ccc(F)cc2)CC1.O=C(O)C(F)(F)F. The van der Waals surface area contributed by atoms with Gasteiger partial charge in [-0.15, -0.1) is 0 Å². The molecule has 4 rings (SSSR count). The minimum atomic E-state index is -5.08. The molecule has 1 saturated heterocycles. The number of piperazine rings is 1. The van der Waals surface area contributed by atoms with Crippen molar-refractivity contribution in [2.75, 3.05) is 36.4 Å². The van der Waals surface area contributed by atoms with Gasteiger partial charge < -0.3 is 15.3 Å². The van der Waals surface area contributed by atoms with Gasteiger partial charge in [-0.2, -0.15) is 18.3 Å². The summed E-state index contributed by atoms with van der Waals surface area (Å²) < 4.78 is 59.7. The molecule has 1 fully saturated rings. The van der Waals surface area contributed by atoms with Crippen molar-refractivity contribution in [3.05, 3.63) is 66.2 Å². The molecule has 1 aliphatic rings. The van der Waals surface area contributed by atoms with Gasteiger partial charge in [0.25, 0.3) is 0 Å². The van der Waals surface area contributed by atoms with Gasteiger partial charge in [-0.1, -0.05) is 0 Å². The fraction of sp³-hybridized carbons (Fsp3) is 0.320. The number of amides is 1. The van der Waals surface area contributed by atoms with Gasteiger partial charge in [0.2, 0.25) is 5.91 Å². The van der Waals surface area contributed by atoms with Crippen LogP contribution in [-0.4, -0.2) is 70.1 Å². The smallest absolute Gasteiger partial charge is 0.475 e. The van der Waals surface area contributed by atoms with Crippen molar-refractivity contribution in [1.29, 1.82) is 0 Å². The van der Waals surface area contributed by atoms with Crippen molar-refractivity contribution in [2.45, 2.75) is 19.1 Å². The second-order valence-corrected chi connectivity index (χ2v) is 8.51. The Kier molecular flexibility index (Phi) is 9.04. The predicted molar refractivity (Wildman–Crippen MR) is 131 cm³/mol. The first kappa shape index (κ1) is 28.6. The molecule has 0 aliphatic carbocycles. The molecular weight excluding hydrogens is 513 g/mol. The van der Waals surface area contributed by atoms with Crippen LogP contribution >= 0.6 is 0 Å². The van der Waals surface area contributed by atoms with Gasteiger partial charge in [-0.3, -0.25) is 14.4 Å². The van der Waals surface area contributed by atoms with Crippen LogP contribution in [0, 0.1) is 11.6 Å². The number of carboxylic acid groups (broad SMARTS) is 1. The number of carbonyl (C=O) groups excluding carboxylic acids is 1. The Bertz CT molecular complexity index is 1240. The topological polar surface area (TPSA) is 90.7 Å². The Labute approximate surface area is 215 Å². The summed E-state index contributed by atoms with van der Waals surface area (Å²) in [6.45, 7) is 4.87. The lowest BCUT2D eigenvalue weighted by Gasteiger charge is -2.38. The number of carboxylic acids is 1. The third-order valence-corrected chi connectivity index (χ3v) is 5.95. The first-order valence-corrected chi connectivity index (χ1v) is 11.5. The van der Waals surface area contributed by atoms with Crippen LogP contribution in [0.3, 0.4) is 0 Å². The van der Waals surface area contributed by atoms with Gasteiger partial charge in [-0.25, -0.2) is 13.6 Å². The van der Waals surface area contributed by atoms with Crippen molar-refractivity contribution in [3.63, 3.8) is 0 Å². The maximum atomic E-state index is 13.2. The largest absolute Gasteiger partial charge is 0.490 e. The zero-order chi connectivity index (χ0) is 28.0.